The minimum atomic E-state index is -0.779. The molecule has 0 saturated carbocycles. The van der Waals surface area contributed by atoms with Crippen LogP contribution in [0.1, 0.15) is 19.0 Å². The summed E-state index contributed by atoms with van der Waals surface area (Å²) in [5, 5.41) is 4.27. The zero-order valence-corrected chi connectivity index (χ0v) is 10.2. The van der Waals surface area contributed by atoms with Crippen molar-refractivity contribution < 1.29 is 4.21 Å². The maximum atomic E-state index is 11.8. The van der Waals surface area contributed by atoms with Gasteiger partial charge in [-0.3, -0.25) is 8.89 Å². The molecule has 0 aromatic carbocycles. The van der Waals surface area contributed by atoms with E-state index in [1.54, 1.807) is 6.20 Å². The molecule has 0 radical (unpaired) electrons. The third-order valence-corrected chi connectivity index (χ3v) is 4.24. The van der Waals surface area contributed by atoms with E-state index in [0.717, 1.165) is 18.5 Å². The molecule has 2 N–H and O–H groups in total. The molecule has 2 unspecified atom stereocenters. The highest BCUT2D eigenvalue weighted by Gasteiger charge is 2.10. The van der Waals surface area contributed by atoms with Crippen molar-refractivity contribution in [2.45, 2.75) is 25.0 Å². The molecule has 15 heavy (non-hydrogen) atoms. The molecule has 0 aliphatic heterocycles. The van der Waals surface area contributed by atoms with Gasteiger partial charge < -0.3 is 5.73 Å². The third-order valence-electron chi connectivity index (χ3n) is 2.50. The second-order valence-electron chi connectivity index (χ2n) is 3.67. The van der Waals surface area contributed by atoms with E-state index in [2.05, 4.69) is 5.10 Å². The summed E-state index contributed by atoms with van der Waals surface area (Å²) in [5.74, 6) is 0.695. The monoisotopic (exact) mass is 229 g/mol. The number of rotatable bonds is 6. The highest BCUT2D eigenvalue weighted by atomic mass is 32.2. The van der Waals surface area contributed by atoms with Crippen LogP contribution in [0, 0.1) is 0 Å². The lowest BCUT2D eigenvalue weighted by molar-refractivity contribution is 0.662. The van der Waals surface area contributed by atoms with Gasteiger partial charge in [0.25, 0.3) is 0 Å². The SMILES string of the molecule is CC(CCN)S(=O)CCc1ccnn1C. The number of aryl methyl sites for hydroxylation is 2. The van der Waals surface area contributed by atoms with E-state index < -0.39 is 10.8 Å². The van der Waals surface area contributed by atoms with Crippen LogP contribution in [0.3, 0.4) is 0 Å². The van der Waals surface area contributed by atoms with Gasteiger partial charge in [0.05, 0.1) is 0 Å². The molecular formula is C10H19N3OS. The second-order valence-corrected chi connectivity index (χ2v) is 5.64. The van der Waals surface area contributed by atoms with Gasteiger partial charge in [0.1, 0.15) is 0 Å². The van der Waals surface area contributed by atoms with Crippen molar-refractivity contribution in [1.29, 1.82) is 0 Å². The van der Waals surface area contributed by atoms with Crippen molar-refractivity contribution in [3.8, 4) is 0 Å². The number of hydrogen-bond acceptors (Lipinski definition) is 3. The summed E-state index contributed by atoms with van der Waals surface area (Å²) >= 11 is 0. The molecule has 0 spiro atoms. The van der Waals surface area contributed by atoms with Crippen molar-refractivity contribution >= 4 is 10.8 Å². The Balaban J connectivity index is 2.37. The number of aromatic nitrogens is 2. The first kappa shape index (κ1) is 12.4. The summed E-state index contributed by atoms with van der Waals surface area (Å²) in [6.45, 7) is 2.60. The van der Waals surface area contributed by atoms with Crippen LogP contribution in [0.4, 0.5) is 0 Å². The predicted molar refractivity (Wildman–Crippen MR) is 63.1 cm³/mol. The van der Waals surface area contributed by atoms with Crippen LogP contribution in [0.5, 0.6) is 0 Å². The Kier molecular flexibility index (Phi) is 4.98. The fourth-order valence-electron chi connectivity index (χ4n) is 1.42. The maximum Gasteiger partial charge on any atom is 0.0492 e. The van der Waals surface area contributed by atoms with Gasteiger partial charge in [-0.2, -0.15) is 5.10 Å². The van der Waals surface area contributed by atoms with E-state index in [0.29, 0.717) is 12.3 Å². The van der Waals surface area contributed by atoms with Crippen molar-refractivity contribution in [2.75, 3.05) is 12.3 Å². The summed E-state index contributed by atoms with van der Waals surface area (Å²) in [6, 6.07) is 1.96. The molecule has 5 heteroatoms. The lowest BCUT2D eigenvalue weighted by Crippen LogP contribution is -2.19. The summed E-state index contributed by atoms with van der Waals surface area (Å²) < 4.78 is 13.6. The smallest absolute Gasteiger partial charge is 0.0492 e. The highest BCUT2D eigenvalue weighted by Crippen LogP contribution is 2.04. The molecule has 0 aliphatic rings. The number of nitrogens with zero attached hydrogens (tertiary/aromatic N) is 2. The first-order chi connectivity index (χ1) is 7.15. The molecule has 1 aromatic heterocycles. The lowest BCUT2D eigenvalue weighted by Gasteiger charge is -2.09. The summed E-state index contributed by atoms with van der Waals surface area (Å²) in [4.78, 5) is 0. The van der Waals surface area contributed by atoms with Gasteiger partial charge >= 0.3 is 0 Å². The molecule has 0 fully saturated rings. The van der Waals surface area contributed by atoms with Gasteiger partial charge in [-0.1, -0.05) is 6.92 Å². The van der Waals surface area contributed by atoms with E-state index in [1.807, 2.05) is 24.7 Å². The third kappa shape index (κ3) is 3.76. The van der Waals surface area contributed by atoms with E-state index in [-0.39, 0.29) is 5.25 Å². The van der Waals surface area contributed by atoms with Crippen molar-refractivity contribution in [3.63, 3.8) is 0 Å². The molecule has 1 heterocycles. The Labute approximate surface area is 93.3 Å². The summed E-state index contributed by atoms with van der Waals surface area (Å²) in [7, 11) is 1.13. The van der Waals surface area contributed by atoms with E-state index in [4.69, 9.17) is 5.73 Å². The summed E-state index contributed by atoms with van der Waals surface area (Å²) in [6.07, 6.45) is 3.41. The standard InChI is InChI=1S/C10H19N3OS/c1-9(3-6-11)15(14)8-5-10-4-7-12-13(10)2/h4,7,9H,3,5-6,8,11H2,1-2H3. The molecular weight excluding hydrogens is 210 g/mol. The van der Waals surface area contributed by atoms with Gasteiger partial charge in [0.2, 0.25) is 0 Å². The molecule has 0 bridgehead atoms. The zero-order valence-electron chi connectivity index (χ0n) is 9.35. The molecule has 1 rings (SSSR count). The van der Waals surface area contributed by atoms with E-state index >= 15 is 0 Å². The Morgan fingerprint density at radius 3 is 2.93 bits per heavy atom. The second kappa shape index (κ2) is 6.02. The largest absolute Gasteiger partial charge is 0.330 e. The molecule has 4 nitrogen and oxygen atoms in total. The first-order valence-electron chi connectivity index (χ1n) is 5.19. The Morgan fingerprint density at radius 1 is 1.67 bits per heavy atom. The van der Waals surface area contributed by atoms with Gasteiger partial charge in [-0.25, -0.2) is 0 Å². The highest BCUT2D eigenvalue weighted by molar-refractivity contribution is 7.85. The lowest BCUT2D eigenvalue weighted by atomic mass is 10.3. The van der Waals surface area contributed by atoms with Crippen LogP contribution in [0.2, 0.25) is 0 Å². The minimum Gasteiger partial charge on any atom is -0.330 e. The zero-order chi connectivity index (χ0) is 11.3. The van der Waals surface area contributed by atoms with E-state index in [9.17, 15) is 4.21 Å². The van der Waals surface area contributed by atoms with Gasteiger partial charge in [0, 0.05) is 47.2 Å². The van der Waals surface area contributed by atoms with Crippen LogP contribution in [-0.4, -0.2) is 31.5 Å². The fourth-order valence-corrected chi connectivity index (χ4v) is 2.63. The Morgan fingerprint density at radius 2 is 2.40 bits per heavy atom. The summed E-state index contributed by atoms with van der Waals surface area (Å²) in [5.41, 5.74) is 6.56. The Hall–Kier alpha value is -0.680. The molecule has 86 valence electrons. The van der Waals surface area contributed by atoms with Crippen molar-refractivity contribution in [3.05, 3.63) is 18.0 Å². The molecule has 0 saturated heterocycles. The molecule has 1 aromatic rings. The quantitative estimate of drug-likeness (QED) is 0.770. The number of hydrogen-bond donors (Lipinski definition) is 1. The predicted octanol–water partition coefficient (Wildman–Crippen LogP) is 0.449. The fraction of sp³-hybridized carbons (Fsp3) is 0.700. The normalized spacial score (nSPS) is 15.1. The van der Waals surface area contributed by atoms with Crippen LogP contribution in [-0.2, 0) is 24.3 Å². The van der Waals surface area contributed by atoms with Crippen LogP contribution < -0.4 is 5.73 Å². The average molecular weight is 229 g/mol. The Bertz CT molecular complexity index is 324. The van der Waals surface area contributed by atoms with E-state index in [1.165, 1.54) is 0 Å². The maximum absolute atomic E-state index is 11.8. The van der Waals surface area contributed by atoms with Gasteiger partial charge in [0.15, 0.2) is 0 Å². The first-order valence-corrected chi connectivity index (χ1v) is 6.57. The van der Waals surface area contributed by atoms with Crippen LogP contribution in [0.25, 0.3) is 0 Å². The molecule has 0 aliphatic carbocycles. The molecule has 0 amide bonds. The number of nitrogens with two attached hydrogens (primary N) is 1. The van der Waals surface area contributed by atoms with Crippen LogP contribution in [0.15, 0.2) is 12.3 Å². The van der Waals surface area contributed by atoms with Gasteiger partial charge in [-0.15, -0.1) is 0 Å². The molecule has 2 atom stereocenters. The van der Waals surface area contributed by atoms with Crippen molar-refractivity contribution in [1.82, 2.24) is 9.78 Å². The average Bonchev–Trinajstić information content (AvgIpc) is 2.61. The van der Waals surface area contributed by atoms with Gasteiger partial charge in [-0.05, 0) is 19.0 Å². The van der Waals surface area contributed by atoms with Crippen molar-refractivity contribution in [2.24, 2.45) is 12.8 Å². The van der Waals surface area contributed by atoms with Crippen LogP contribution >= 0.6 is 0 Å². The topological polar surface area (TPSA) is 60.9 Å². The minimum absolute atomic E-state index is 0.197.